The average Bonchev–Trinajstić information content (AvgIpc) is 2.87. The van der Waals surface area contributed by atoms with Crippen LogP contribution in [0.4, 0.5) is 5.69 Å². The van der Waals surface area contributed by atoms with Crippen molar-refractivity contribution in [2.75, 3.05) is 0 Å². The van der Waals surface area contributed by atoms with Crippen LogP contribution in [0.25, 0.3) is 5.76 Å². The van der Waals surface area contributed by atoms with Gasteiger partial charge in [0.05, 0.1) is 4.92 Å². The Kier molecular flexibility index (Phi) is 4.37. The number of aliphatic hydroxyl groups excluding tert-OH is 1. The molecule has 1 aliphatic rings. The summed E-state index contributed by atoms with van der Waals surface area (Å²) in [4.78, 5) is 44.6. The molecule has 0 saturated carbocycles. The van der Waals surface area contributed by atoms with Crippen LogP contribution in [0.3, 0.4) is 0 Å². The van der Waals surface area contributed by atoms with Gasteiger partial charge in [0.15, 0.2) is 5.57 Å². The summed E-state index contributed by atoms with van der Waals surface area (Å²) in [6, 6.07) is 5.90. The Balaban J connectivity index is 2.28. The molecule has 0 aliphatic carbocycles. The Morgan fingerprint density at radius 2 is 1.75 bits per heavy atom. The van der Waals surface area contributed by atoms with Gasteiger partial charge >= 0.3 is 0 Å². The molecule has 0 saturated heterocycles. The lowest BCUT2D eigenvalue weighted by atomic mass is 10.1. The molecule has 0 fully saturated rings. The number of aliphatic hydroxyl groups is 1. The van der Waals surface area contributed by atoms with Crippen LogP contribution >= 0.6 is 0 Å². The molecule has 0 aromatic heterocycles. The number of nitriles is 1. The first-order valence-corrected chi connectivity index (χ1v) is 6.30. The molecule has 1 aliphatic heterocycles. The predicted octanol–water partition coefficient (Wildman–Crippen LogP) is 0.344. The summed E-state index contributed by atoms with van der Waals surface area (Å²) < 4.78 is 0. The first-order chi connectivity index (χ1) is 11.3. The topological polar surface area (TPSA) is 154 Å². The number of hydrogen-bond donors (Lipinski definition) is 2. The van der Waals surface area contributed by atoms with Crippen LogP contribution in [0.1, 0.15) is 5.56 Å². The van der Waals surface area contributed by atoms with E-state index >= 15 is 0 Å². The number of imide groups is 1. The van der Waals surface area contributed by atoms with E-state index in [-0.39, 0.29) is 11.3 Å². The second kappa shape index (κ2) is 6.41. The molecule has 24 heavy (non-hydrogen) atoms. The molecule has 0 bridgehead atoms. The summed E-state index contributed by atoms with van der Waals surface area (Å²) in [5.74, 6) is -3.54. The van der Waals surface area contributed by atoms with E-state index in [4.69, 9.17) is 5.26 Å². The number of nitrogens with zero attached hydrogens (tertiary/aromatic N) is 3. The number of carbonyl (C=O) groups is 3. The molecule has 10 heteroatoms. The second-order valence-electron chi connectivity index (χ2n) is 4.43. The van der Waals surface area contributed by atoms with Gasteiger partial charge in [-0.3, -0.25) is 29.9 Å². The van der Waals surface area contributed by atoms with Crippen LogP contribution in [0.5, 0.6) is 0 Å². The molecule has 0 radical (unpaired) electrons. The van der Waals surface area contributed by atoms with Crippen molar-refractivity contribution in [3.63, 3.8) is 0 Å². The second-order valence-corrected chi connectivity index (χ2v) is 4.43. The van der Waals surface area contributed by atoms with Gasteiger partial charge in [-0.15, -0.1) is 0 Å². The molecule has 0 unspecified atom stereocenters. The van der Waals surface area contributed by atoms with E-state index in [1.54, 1.807) is 0 Å². The maximum Gasteiger partial charge on any atom is 0.284 e. The van der Waals surface area contributed by atoms with E-state index in [1.807, 2.05) is 5.43 Å². The number of nitrogens with one attached hydrogen (secondary N) is 1. The Labute approximate surface area is 134 Å². The third-order valence-corrected chi connectivity index (χ3v) is 2.95. The third kappa shape index (κ3) is 3.09. The smallest absolute Gasteiger partial charge is 0.284 e. The first-order valence-electron chi connectivity index (χ1n) is 6.30. The summed E-state index contributed by atoms with van der Waals surface area (Å²) >= 11 is 0. The van der Waals surface area contributed by atoms with E-state index < -0.39 is 34.0 Å². The zero-order chi connectivity index (χ0) is 17.9. The lowest BCUT2D eigenvalue weighted by molar-refractivity contribution is -0.384. The Morgan fingerprint density at radius 1 is 1.21 bits per heavy atom. The van der Waals surface area contributed by atoms with Gasteiger partial charge in [-0.1, -0.05) is 0 Å². The fraction of sp³-hybridized carbons (Fsp3) is 0. The van der Waals surface area contributed by atoms with Crippen molar-refractivity contribution < 1.29 is 24.4 Å². The van der Waals surface area contributed by atoms with Crippen molar-refractivity contribution in [3.05, 3.63) is 57.7 Å². The Morgan fingerprint density at radius 3 is 2.21 bits per heavy atom. The van der Waals surface area contributed by atoms with Crippen molar-refractivity contribution in [3.8, 4) is 6.07 Å². The molecule has 0 spiro atoms. The lowest BCUT2D eigenvalue weighted by Gasteiger charge is -2.14. The van der Waals surface area contributed by atoms with Crippen LogP contribution in [0.15, 0.2) is 42.0 Å². The largest absolute Gasteiger partial charge is 0.506 e. The third-order valence-electron chi connectivity index (χ3n) is 2.95. The highest BCUT2D eigenvalue weighted by atomic mass is 16.6. The highest BCUT2D eigenvalue weighted by Crippen LogP contribution is 2.20. The van der Waals surface area contributed by atoms with Gasteiger partial charge in [0, 0.05) is 29.8 Å². The van der Waals surface area contributed by atoms with Gasteiger partial charge in [-0.05, 0) is 12.1 Å². The van der Waals surface area contributed by atoms with E-state index in [2.05, 4.69) is 0 Å². The number of hydrogen-bond acceptors (Lipinski definition) is 7. The molecule has 3 amide bonds. The van der Waals surface area contributed by atoms with Crippen molar-refractivity contribution >= 4 is 29.2 Å². The predicted molar refractivity (Wildman–Crippen MR) is 77.4 cm³/mol. The van der Waals surface area contributed by atoms with Gasteiger partial charge in [0.25, 0.3) is 23.4 Å². The molecule has 120 valence electrons. The van der Waals surface area contributed by atoms with Crippen molar-refractivity contribution in [1.82, 2.24) is 10.4 Å². The lowest BCUT2D eigenvalue weighted by Crippen LogP contribution is -2.46. The van der Waals surface area contributed by atoms with E-state index in [0.717, 1.165) is 36.4 Å². The van der Waals surface area contributed by atoms with Crippen molar-refractivity contribution in [2.24, 2.45) is 0 Å². The number of carbonyl (C=O) groups excluding carboxylic acids is 3. The number of benzene rings is 1. The summed E-state index contributed by atoms with van der Waals surface area (Å²) in [5.41, 5.74) is 0.861. The highest BCUT2D eigenvalue weighted by molar-refractivity contribution is 6.15. The monoisotopic (exact) mass is 328 g/mol. The van der Waals surface area contributed by atoms with E-state index in [0.29, 0.717) is 5.01 Å². The zero-order valence-electron chi connectivity index (χ0n) is 11.8. The van der Waals surface area contributed by atoms with E-state index in [1.165, 1.54) is 6.07 Å². The molecular weight excluding hydrogens is 320 g/mol. The normalized spacial score (nSPS) is 14.2. The van der Waals surface area contributed by atoms with Crippen LogP contribution in [-0.4, -0.2) is 32.8 Å². The number of non-ortho nitro benzene ring substituents is 1. The number of nitro benzene ring substituents is 1. The van der Waals surface area contributed by atoms with Crippen molar-refractivity contribution in [1.29, 1.82) is 5.26 Å². The summed E-state index contributed by atoms with van der Waals surface area (Å²) in [5, 5.41) is 30.0. The molecular formula is C14H8N4O6. The summed E-state index contributed by atoms with van der Waals surface area (Å²) in [7, 11) is 0. The van der Waals surface area contributed by atoms with Crippen LogP contribution < -0.4 is 5.43 Å². The number of amides is 3. The van der Waals surface area contributed by atoms with Crippen molar-refractivity contribution in [2.45, 2.75) is 0 Å². The fourth-order valence-electron chi connectivity index (χ4n) is 1.76. The average molecular weight is 328 g/mol. The molecule has 10 nitrogen and oxygen atoms in total. The van der Waals surface area contributed by atoms with Gasteiger partial charge < -0.3 is 5.11 Å². The Bertz CT molecular complexity index is 829. The summed E-state index contributed by atoms with van der Waals surface area (Å²) in [6.45, 7) is 0. The molecule has 2 N–H and O–H groups in total. The molecule has 2 rings (SSSR count). The minimum Gasteiger partial charge on any atom is -0.506 e. The number of nitro groups is 1. The number of hydrazine groups is 1. The van der Waals surface area contributed by atoms with Crippen LogP contribution in [0.2, 0.25) is 0 Å². The van der Waals surface area contributed by atoms with E-state index in [9.17, 15) is 29.6 Å². The molecule has 0 atom stereocenters. The minimum atomic E-state index is -1.18. The quantitative estimate of drug-likeness (QED) is 0.202. The fourth-order valence-corrected chi connectivity index (χ4v) is 1.76. The number of rotatable bonds is 4. The molecule has 1 aromatic rings. The molecule has 1 heterocycles. The maximum absolute atomic E-state index is 12.0. The summed E-state index contributed by atoms with van der Waals surface area (Å²) in [6.07, 6.45) is 1.85. The van der Waals surface area contributed by atoms with Crippen LogP contribution in [-0.2, 0) is 14.4 Å². The molecule has 1 aromatic carbocycles. The van der Waals surface area contributed by atoms with Gasteiger partial charge in [-0.25, -0.2) is 0 Å². The maximum atomic E-state index is 12.0. The van der Waals surface area contributed by atoms with Gasteiger partial charge in [0.1, 0.15) is 11.8 Å². The standard InChI is InChI=1S/C14H8N4O6/c15-7-10(14(22)16-17-11(19)5-6-12(17)20)13(21)8-1-3-9(4-2-8)18(23)24/h1-6,21H,(H,16,22). The SMILES string of the molecule is N#CC(C(=O)NN1C(=O)C=CC1=O)=C(O)c1ccc([N+](=O)[O-])cc1. The van der Waals surface area contributed by atoms with Gasteiger partial charge in [0.2, 0.25) is 0 Å². The van der Waals surface area contributed by atoms with Crippen LogP contribution in [0, 0.1) is 21.4 Å². The minimum absolute atomic E-state index is 0.0236. The Hall–Kier alpha value is -4.00. The van der Waals surface area contributed by atoms with Gasteiger partial charge in [-0.2, -0.15) is 10.3 Å². The highest BCUT2D eigenvalue weighted by Gasteiger charge is 2.28. The zero-order valence-corrected chi connectivity index (χ0v) is 11.8. The first kappa shape index (κ1) is 16.4.